The summed E-state index contributed by atoms with van der Waals surface area (Å²) < 4.78 is 3.81. The molecule has 0 amide bonds. The first-order chi connectivity index (χ1) is 2.50. The number of hydrogen-bond acceptors (Lipinski definition) is 2. The first-order valence-electron chi connectivity index (χ1n) is 1.17. The predicted molar refractivity (Wildman–Crippen MR) is 26.5 cm³/mol. The minimum absolute atomic E-state index is 1.48. The van der Waals surface area contributed by atoms with Crippen LogP contribution in [0.25, 0.3) is 0 Å². The third kappa shape index (κ3) is 0.869. The molecule has 0 aliphatic carbocycles. The standard InChI is InChI=1S/C2H2NS2/c1-2-5-3-4-1/h1-2H. The molecule has 27 valence electrons. The molecule has 3 heteroatoms. The van der Waals surface area contributed by atoms with Crippen molar-refractivity contribution >= 4 is 23.9 Å². The minimum Gasteiger partial charge on any atom is -0.0980 e. The normalized spacial score (nSPS) is 20.8. The van der Waals surface area contributed by atoms with Crippen LogP contribution in [0, 0.1) is 0 Å². The minimum atomic E-state index is 1.48. The van der Waals surface area contributed by atoms with Gasteiger partial charge in [-0.2, -0.15) is 0 Å². The smallest absolute Gasteiger partial charge is 0.00338 e. The van der Waals surface area contributed by atoms with E-state index >= 15 is 0 Å². The van der Waals surface area contributed by atoms with Crippen LogP contribution in [-0.2, 0) is 0 Å². The molecule has 0 bridgehead atoms. The van der Waals surface area contributed by atoms with Crippen LogP contribution in [0.4, 0.5) is 0 Å². The predicted octanol–water partition coefficient (Wildman–Crippen LogP) is 1.37. The summed E-state index contributed by atoms with van der Waals surface area (Å²) in [6.07, 6.45) is 0. The van der Waals surface area contributed by atoms with Crippen molar-refractivity contribution in [2.75, 3.05) is 0 Å². The molecule has 0 unspecified atom stereocenters. The Morgan fingerprint density at radius 2 is 1.80 bits per heavy atom. The topological polar surface area (TPSA) is 14.1 Å². The number of nitrogens with zero attached hydrogens (tertiary/aromatic N) is 1. The molecule has 0 atom stereocenters. The molecular formula is C2H2NS2. The molecule has 0 aromatic heterocycles. The summed E-state index contributed by atoms with van der Waals surface area (Å²) in [5, 5.41) is 3.90. The van der Waals surface area contributed by atoms with Gasteiger partial charge in [-0.15, -0.1) is 0 Å². The van der Waals surface area contributed by atoms with Gasteiger partial charge in [0.05, 0.1) is 0 Å². The van der Waals surface area contributed by atoms with E-state index in [4.69, 9.17) is 0 Å². The van der Waals surface area contributed by atoms with Crippen molar-refractivity contribution in [3.8, 4) is 0 Å². The lowest BCUT2D eigenvalue weighted by Crippen LogP contribution is -1.58. The zero-order chi connectivity index (χ0) is 3.54. The van der Waals surface area contributed by atoms with Gasteiger partial charge in [-0.25, -0.2) is 0 Å². The van der Waals surface area contributed by atoms with Crippen LogP contribution in [0.15, 0.2) is 10.8 Å². The summed E-state index contributed by atoms with van der Waals surface area (Å²) in [6.45, 7) is 0. The van der Waals surface area contributed by atoms with Crippen molar-refractivity contribution < 1.29 is 0 Å². The molecule has 1 heterocycles. The first-order valence-corrected chi connectivity index (χ1v) is 2.84. The molecular weight excluding hydrogens is 102 g/mol. The van der Waals surface area contributed by atoms with Gasteiger partial charge in [0, 0.05) is 0 Å². The molecule has 0 spiro atoms. The molecule has 1 nitrogen and oxygen atoms in total. The van der Waals surface area contributed by atoms with Crippen molar-refractivity contribution in [2.24, 2.45) is 0 Å². The Balaban J connectivity index is 2.32. The van der Waals surface area contributed by atoms with Gasteiger partial charge in [0.1, 0.15) is 0 Å². The van der Waals surface area contributed by atoms with Gasteiger partial charge in [0.2, 0.25) is 0 Å². The van der Waals surface area contributed by atoms with E-state index in [9.17, 15) is 0 Å². The highest BCUT2D eigenvalue weighted by Crippen LogP contribution is 2.17. The second-order valence-corrected chi connectivity index (χ2v) is 2.12. The van der Waals surface area contributed by atoms with Crippen molar-refractivity contribution in [3.05, 3.63) is 10.8 Å². The third-order valence-electron chi connectivity index (χ3n) is 0.263. The van der Waals surface area contributed by atoms with Gasteiger partial charge in [0.15, 0.2) is 0 Å². The van der Waals surface area contributed by atoms with Crippen LogP contribution in [0.1, 0.15) is 0 Å². The maximum Gasteiger partial charge on any atom is -0.00338 e. The average molecular weight is 104 g/mol. The first kappa shape index (κ1) is 3.59. The summed E-state index contributed by atoms with van der Waals surface area (Å²) in [6, 6.07) is 0. The van der Waals surface area contributed by atoms with Crippen LogP contribution in [0.2, 0.25) is 0 Å². The van der Waals surface area contributed by atoms with Crippen molar-refractivity contribution in [3.63, 3.8) is 0 Å². The van der Waals surface area contributed by atoms with E-state index in [2.05, 4.69) is 4.13 Å². The summed E-state index contributed by atoms with van der Waals surface area (Å²) in [5.41, 5.74) is 0. The highest BCUT2D eigenvalue weighted by molar-refractivity contribution is 8.18. The molecule has 0 saturated heterocycles. The van der Waals surface area contributed by atoms with Gasteiger partial charge < -0.3 is 0 Å². The zero-order valence-corrected chi connectivity index (χ0v) is 4.05. The molecule has 0 aromatic carbocycles. The zero-order valence-electron chi connectivity index (χ0n) is 2.42. The maximum atomic E-state index is 3.81. The molecule has 1 aliphatic heterocycles. The second-order valence-electron chi connectivity index (χ2n) is 0.558. The Labute approximate surface area is 39.5 Å². The largest absolute Gasteiger partial charge is 0.0980 e. The average Bonchev–Trinajstić information content (AvgIpc) is 1.76. The molecule has 0 aromatic rings. The van der Waals surface area contributed by atoms with Crippen LogP contribution < -0.4 is 4.13 Å². The second kappa shape index (κ2) is 1.74. The summed E-state index contributed by atoms with van der Waals surface area (Å²) >= 11 is 2.96. The van der Waals surface area contributed by atoms with Crippen molar-refractivity contribution in [1.29, 1.82) is 0 Å². The molecule has 1 radical (unpaired) electrons. The lowest BCUT2D eigenvalue weighted by atomic mass is 11.3. The monoisotopic (exact) mass is 104 g/mol. The number of hydrogen-bond donors (Lipinski definition) is 0. The van der Waals surface area contributed by atoms with Crippen LogP contribution >= 0.6 is 23.9 Å². The van der Waals surface area contributed by atoms with E-state index in [1.807, 2.05) is 10.8 Å². The van der Waals surface area contributed by atoms with Gasteiger partial charge in [-0.05, 0) is 34.7 Å². The van der Waals surface area contributed by atoms with E-state index in [-0.39, 0.29) is 0 Å². The summed E-state index contributed by atoms with van der Waals surface area (Å²) in [4.78, 5) is 0. The molecule has 0 N–H and O–H groups in total. The highest BCUT2D eigenvalue weighted by atomic mass is 32.2. The SMILES string of the molecule is C1=CS[N]S1. The molecule has 1 rings (SSSR count). The van der Waals surface area contributed by atoms with Gasteiger partial charge in [0.25, 0.3) is 0 Å². The van der Waals surface area contributed by atoms with Crippen molar-refractivity contribution in [1.82, 2.24) is 4.13 Å². The maximum absolute atomic E-state index is 3.81. The summed E-state index contributed by atoms with van der Waals surface area (Å²) in [5.74, 6) is 0. The fourth-order valence-corrected chi connectivity index (χ4v) is 1.12. The van der Waals surface area contributed by atoms with Gasteiger partial charge >= 0.3 is 0 Å². The van der Waals surface area contributed by atoms with Crippen molar-refractivity contribution in [2.45, 2.75) is 0 Å². The fourth-order valence-electron chi connectivity index (χ4n) is 0.124. The molecule has 0 fully saturated rings. The Hall–Kier alpha value is 0.400. The van der Waals surface area contributed by atoms with Crippen LogP contribution in [0.5, 0.6) is 0 Å². The number of rotatable bonds is 0. The van der Waals surface area contributed by atoms with E-state index in [1.165, 1.54) is 23.9 Å². The van der Waals surface area contributed by atoms with E-state index in [1.54, 1.807) is 0 Å². The Morgan fingerprint density at radius 3 is 2.00 bits per heavy atom. The van der Waals surface area contributed by atoms with Crippen LogP contribution in [0.3, 0.4) is 0 Å². The van der Waals surface area contributed by atoms with Gasteiger partial charge in [-0.3, -0.25) is 0 Å². The van der Waals surface area contributed by atoms with E-state index < -0.39 is 0 Å². The molecule has 5 heavy (non-hydrogen) atoms. The summed E-state index contributed by atoms with van der Waals surface area (Å²) in [7, 11) is 0. The third-order valence-corrected chi connectivity index (χ3v) is 1.64. The fraction of sp³-hybridized carbons (Fsp3) is 0. The Morgan fingerprint density at radius 1 is 1.20 bits per heavy atom. The Bertz CT molecular complexity index is 45.6. The molecule has 0 saturated carbocycles. The lowest BCUT2D eigenvalue weighted by Gasteiger charge is -1.69. The highest BCUT2D eigenvalue weighted by Gasteiger charge is 1.87. The molecule has 1 aliphatic rings. The van der Waals surface area contributed by atoms with Gasteiger partial charge in [-0.1, -0.05) is 4.13 Å². The quantitative estimate of drug-likeness (QED) is 0.431. The van der Waals surface area contributed by atoms with E-state index in [0.29, 0.717) is 0 Å². The Kier molecular flexibility index (Phi) is 1.25. The van der Waals surface area contributed by atoms with E-state index in [0.717, 1.165) is 0 Å². The van der Waals surface area contributed by atoms with Crippen LogP contribution in [-0.4, -0.2) is 0 Å². The lowest BCUT2D eigenvalue weighted by molar-refractivity contribution is 1.77.